The Morgan fingerprint density at radius 1 is 1.26 bits per heavy atom. The van der Waals surface area contributed by atoms with Crippen molar-refractivity contribution in [3.05, 3.63) is 74.2 Å². The molecule has 0 aromatic carbocycles. The number of H-pyrrole nitrogens is 1. The fourth-order valence-corrected chi connectivity index (χ4v) is 3.59. The van der Waals surface area contributed by atoms with E-state index in [9.17, 15) is 14.4 Å². The van der Waals surface area contributed by atoms with E-state index in [-0.39, 0.29) is 28.5 Å². The van der Waals surface area contributed by atoms with E-state index in [1.165, 1.54) is 4.57 Å². The molecule has 3 aromatic heterocycles. The van der Waals surface area contributed by atoms with Gasteiger partial charge in [0.25, 0.3) is 17.0 Å². The molecule has 1 aliphatic heterocycles. The monoisotopic (exact) mass is 364 g/mol. The summed E-state index contributed by atoms with van der Waals surface area (Å²) in [6, 6.07) is 8.71. The summed E-state index contributed by atoms with van der Waals surface area (Å²) in [5, 5.41) is 0.551. The molecule has 0 radical (unpaired) electrons. The Labute approximate surface area is 155 Å². The third-order valence-corrected chi connectivity index (χ3v) is 5.33. The number of pyridine rings is 3. The number of likely N-dealkylation sites (tertiary alicyclic amines) is 1. The Kier molecular flexibility index (Phi) is 4.14. The summed E-state index contributed by atoms with van der Waals surface area (Å²) in [6.07, 6.45) is 2.38. The van der Waals surface area contributed by atoms with Gasteiger partial charge in [-0.3, -0.25) is 19.4 Å². The zero-order valence-corrected chi connectivity index (χ0v) is 15.2. The lowest BCUT2D eigenvalue weighted by Gasteiger charge is -2.17. The van der Waals surface area contributed by atoms with Crippen LogP contribution in [-0.4, -0.2) is 38.4 Å². The van der Waals surface area contributed by atoms with E-state index >= 15 is 0 Å². The Bertz CT molecular complexity index is 1160. The maximum atomic E-state index is 12.8. The standard InChI is InChI=1S/C20H20N4O3/c1-12-5-6-15(19(26)23(12)2)20(27)24-9-7-13(11-24)16-10-17-14(18(25)22-16)4-3-8-21-17/h3-6,8,10,13H,7,9,11H2,1-2H3,(H,22,25)/t13-/m0/s1. The molecule has 3 aromatic rings. The Morgan fingerprint density at radius 3 is 2.89 bits per heavy atom. The van der Waals surface area contributed by atoms with E-state index in [2.05, 4.69) is 9.97 Å². The van der Waals surface area contributed by atoms with Crippen LogP contribution >= 0.6 is 0 Å². The average molecular weight is 364 g/mol. The summed E-state index contributed by atoms with van der Waals surface area (Å²) < 4.78 is 1.48. The maximum absolute atomic E-state index is 12.8. The number of aromatic nitrogens is 3. The van der Waals surface area contributed by atoms with E-state index in [1.54, 1.807) is 42.4 Å². The smallest absolute Gasteiger partial charge is 0.263 e. The molecule has 7 nitrogen and oxygen atoms in total. The van der Waals surface area contributed by atoms with Gasteiger partial charge < -0.3 is 14.5 Å². The van der Waals surface area contributed by atoms with Gasteiger partial charge in [-0.25, -0.2) is 0 Å². The lowest BCUT2D eigenvalue weighted by Crippen LogP contribution is -2.35. The molecule has 1 aliphatic rings. The van der Waals surface area contributed by atoms with Crippen LogP contribution in [-0.2, 0) is 7.05 Å². The number of amides is 1. The number of nitrogens with zero attached hydrogens (tertiary/aromatic N) is 3. The largest absolute Gasteiger partial charge is 0.338 e. The topological polar surface area (TPSA) is 88.1 Å². The first kappa shape index (κ1) is 17.2. The first-order valence-corrected chi connectivity index (χ1v) is 8.89. The highest BCUT2D eigenvalue weighted by Crippen LogP contribution is 2.27. The van der Waals surface area contributed by atoms with Gasteiger partial charge >= 0.3 is 0 Å². The second kappa shape index (κ2) is 6.50. The van der Waals surface area contributed by atoms with E-state index in [0.29, 0.717) is 24.0 Å². The van der Waals surface area contributed by atoms with Crippen LogP contribution in [0.15, 0.2) is 46.1 Å². The van der Waals surface area contributed by atoms with Gasteiger partial charge in [0.1, 0.15) is 5.56 Å². The number of nitrogens with one attached hydrogen (secondary N) is 1. The van der Waals surface area contributed by atoms with Gasteiger partial charge in [-0.1, -0.05) is 0 Å². The quantitative estimate of drug-likeness (QED) is 0.747. The average Bonchev–Trinajstić information content (AvgIpc) is 3.16. The summed E-state index contributed by atoms with van der Waals surface area (Å²) in [4.78, 5) is 46.4. The van der Waals surface area contributed by atoms with Crippen molar-refractivity contribution >= 4 is 16.8 Å². The third kappa shape index (κ3) is 2.95. The number of carbonyl (C=O) groups excluding carboxylic acids is 1. The molecule has 0 unspecified atom stereocenters. The van der Waals surface area contributed by atoms with Crippen molar-refractivity contribution in [1.29, 1.82) is 0 Å². The molecule has 1 N–H and O–H groups in total. The molecule has 0 bridgehead atoms. The van der Waals surface area contributed by atoms with Crippen LogP contribution in [0.5, 0.6) is 0 Å². The predicted molar refractivity (Wildman–Crippen MR) is 102 cm³/mol. The van der Waals surface area contributed by atoms with Gasteiger partial charge in [-0.15, -0.1) is 0 Å². The lowest BCUT2D eigenvalue weighted by atomic mass is 10.0. The number of carbonyl (C=O) groups is 1. The van der Waals surface area contributed by atoms with Gasteiger partial charge in [0.15, 0.2) is 0 Å². The van der Waals surface area contributed by atoms with Crippen LogP contribution < -0.4 is 11.1 Å². The number of aromatic amines is 1. The normalized spacial score (nSPS) is 16.8. The van der Waals surface area contributed by atoms with Crippen LogP contribution in [0, 0.1) is 6.92 Å². The molecule has 138 valence electrons. The molecule has 7 heteroatoms. The maximum Gasteiger partial charge on any atom is 0.263 e. The molecule has 1 saturated heterocycles. The number of hydrogen-bond donors (Lipinski definition) is 1. The van der Waals surface area contributed by atoms with Crippen molar-refractivity contribution in [3.63, 3.8) is 0 Å². The summed E-state index contributed by atoms with van der Waals surface area (Å²) in [6.45, 7) is 2.83. The molecule has 0 saturated carbocycles. The summed E-state index contributed by atoms with van der Waals surface area (Å²) in [5.41, 5.74) is 1.95. The number of hydrogen-bond acceptors (Lipinski definition) is 4. The number of rotatable bonds is 2. The fraction of sp³-hybridized carbons (Fsp3) is 0.300. The van der Waals surface area contributed by atoms with Gasteiger partial charge in [-0.2, -0.15) is 0 Å². The van der Waals surface area contributed by atoms with Crippen molar-refractivity contribution in [2.24, 2.45) is 7.05 Å². The molecule has 0 spiro atoms. The predicted octanol–water partition coefficient (Wildman–Crippen LogP) is 1.56. The molecule has 4 rings (SSSR count). The molecular formula is C20H20N4O3. The first-order chi connectivity index (χ1) is 13.0. The van der Waals surface area contributed by atoms with E-state index < -0.39 is 0 Å². The van der Waals surface area contributed by atoms with Crippen molar-refractivity contribution < 1.29 is 4.79 Å². The Hall–Kier alpha value is -3.22. The molecule has 1 fully saturated rings. The highest BCUT2D eigenvalue weighted by Gasteiger charge is 2.30. The molecule has 4 heterocycles. The highest BCUT2D eigenvalue weighted by atomic mass is 16.2. The van der Waals surface area contributed by atoms with Crippen LogP contribution in [0.2, 0.25) is 0 Å². The van der Waals surface area contributed by atoms with Gasteiger partial charge in [0.05, 0.1) is 10.9 Å². The minimum atomic E-state index is -0.285. The van der Waals surface area contributed by atoms with Crippen LogP contribution in [0.4, 0.5) is 0 Å². The van der Waals surface area contributed by atoms with E-state index in [4.69, 9.17) is 0 Å². The zero-order valence-electron chi connectivity index (χ0n) is 15.2. The molecule has 0 aliphatic carbocycles. The van der Waals surface area contributed by atoms with Crippen LogP contribution in [0.25, 0.3) is 10.9 Å². The molecule has 1 amide bonds. The molecule has 1 atom stereocenters. The minimum absolute atomic E-state index is 0.0161. The van der Waals surface area contributed by atoms with Crippen molar-refractivity contribution in [1.82, 2.24) is 19.4 Å². The zero-order chi connectivity index (χ0) is 19.1. The van der Waals surface area contributed by atoms with Crippen LogP contribution in [0.3, 0.4) is 0 Å². The second-order valence-electron chi connectivity index (χ2n) is 6.98. The lowest BCUT2D eigenvalue weighted by molar-refractivity contribution is 0.0788. The van der Waals surface area contributed by atoms with E-state index in [1.807, 2.05) is 13.0 Å². The van der Waals surface area contributed by atoms with Gasteiger partial charge in [0.2, 0.25) is 0 Å². The van der Waals surface area contributed by atoms with Gasteiger partial charge in [0, 0.05) is 43.6 Å². The molecular weight excluding hydrogens is 344 g/mol. The summed E-state index contributed by atoms with van der Waals surface area (Å²) in [5.74, 6) is -0.248. The number of aryl methyl sites for hydroxylation is 1. The number of fused-ring (bicyclic) bond motifs is 1. The SMILES string of the molecule is Cc1ccc(C(=O)N2CC[C@H](c3cc4ncccc4c(=O)[nH]3)C2)c(=O)n1C. The Morgan fingerprint density at radius 2 is 2.07 bits per heavy atom. The van der Waals surface area contributed by atoms with Crippen molar-refractivity contribution in [3.8, 4) is 0 Å². The highest BCUT2D eigenvalue weighted by molar-refractivity contribution is 5.94. The van der Waals surface area contributed by atoms with Crippen molar-refractivity contribution in [2.75, 3.05) is 13.1 Å². The van der Waals surface area contributed by atoms with E-state index in [0.717, 1.165) is 17.8 Å². The van der Waals surface area contributed by atoms with Gasteiger partial charge in [-0.05, 0) is 43.7 Å². The van der Waals surface area contributed by atoms with Crippen molar-refractivity contribution in [2.45, 2.75) is 19.3 Å². The minimum Gasteiger partial charge on any atom is -0.338 e. The summed E-state index contributed by atoms with van der Waals surface area (Å²) in [7, 11) is 1.66. The summed E-state index contributed by atoms with van der Waals surface area (Å²) >= 11 is 0. The second-order valence-corrected chi connectivity index (χ2v) is 6.98. The van der Waals surface area contributed by atoms with Crippen LogP contribution in [0.1, 0.15) is 34.1 Å². The Balaban J connectivity index is 1.61. The first-order valence-electron chi connectivity index (χ1n) is 8.89. The third-order valence-electron chi connectivity index (χ3n) is 5.33. The molecule has 27 heavy (non-hydrogen) atoms. The fourth-order valence-electron chi connectivity index (χ4n) is 3.59.